The number of aryl methyl sites for hydroxylation is 1. The van der Waals surface area contributed by atoms with Gasteiger partial charge in [0.05, 0.1) is 39.9 Å². The lowest BCUT2D eigenvalue weighted by Crippen LogP contribution is -2.55. The van der Waals surface area contributed by atoms with E-state index in [0.29, 0.717) is 17.1 Å². The van der Waals surface area contributed by atoms with Crippen molar-refractivity contribution in [1.82, 2.24) is 14.2 Å². The van der Waals surface area contributed by atoms with Gasteiger partial charge in [-0.15, -0.1) is 0 Å². The zero-order chi connectivity index (χ0) is 40.5. The van der Waals surface area contributed by atoms with Crippen molar-refractivity contribution in [3.63, 3.8) is 0 Å². The number of hydrogen-bond donors (Lipinski definition) is 1. The van der Waals surface area contributed by atoms with Crippen LogP contribution in [0.2, 0.25) is 0 Å². The zero-order valence-electron chi connectivity index (χ0n) is 33.5. The predicted octanol–water partition coefficient (Wildman–Crippen LogP) is 8.10. The van der Waals surface area contributed by atoms with Crippen LogP contribution in [0.15, 0.2) is 89.9 Å². The van der Waals surface area contributed by atoms with Gasteiger partial charge in [0.2, 0.25) is 0 Å². The first-order chi connectivity index (χ1) is 27.4. The number of rotatable bonds is 17. The lowest BCUT2D eigenvalue weighted by atomic mass is 9.79. The van der Waals surface area contributed by atoms with Crippen LogP contribution in [0.3, 0.4) is 0 Å². The number of hydrogen-bond acceptors (Lipinski definition) is 11. The van der Waals surface area contributed by atoms with E-state index in [2.05, 4.69) is 55.6 Å². The summed E-state index contributed by atoms with van der Waals surface area (Å²) in [5.41, 5.74) is -0.201. The number of nitrogens with zero attached hydrogens (tertiary/aromatic N) is 3. The van der Waals surface area contributed by atoms with Crippen molar-refractivity contribution in [2.45, 2.75) is 101 Å². The summed E-state index contributed by atoms with van der Waals surface area (Å²) in [5, 5.41) is 9.46. The molecule has 3 fully saturated rings. The first kappa shape index (κ1) is 41.2. The Hall–Kier alpha value is -3.96. The summed E-state index contributed by atoms with van der Waals surface area (Å²) in [6, 6.07) is 28.2. The number of fused-ring (bicyclic) bond motifs is 3. The lowest BCUT2D eigenvalue weighted by molar-refractivity contribution is -0.246. The summed E-state index contributed by atoms with van der Waals surface area (Å²) >= 11 is 5.74. The number of aromatic amines is 1. The van der Waals surface area contributed by atoms with Crippen LogP contribution in [0.25, 0.3) is 0 Å². The van der Waals surface area contributed by atoms with Gasteiger partial charge in [-0.05, 0) is 101 Å². The standard InChI is InChI=1S/C43H51N4O8PS/c1-28(2)47(29(3)4)56(52-25-11-24-44)55-37-36-39(46-26-30(5)38(48)45-40(46)57)54-42(37,41(53-36)22-23-41)27-51-43(31-12-9-8-10-13-31,32-14-18-34(49-6)19-15-32)33-16-20-35(50-7)21-17-33/h8-10,12-21,26,28-29,36-37,39H,11,22-23,25,27H2,1-7H3,(H,45,48,57)/t36?,37?,39-,42-,56?/m1/s1. The quantitative estimate of drug-likeness (QED) is 0.0481. The summed E-state index contributed by atoms with van der Waals surface area (Å²) in [4.78, 5) is 15.5. The number of nitrogens with one attached hydrogen (secondary N) is 1. The van der Waals surface area contributed by atoms with Crippen LogP contribution in [0, 0.1) is 23.0 Å². The number of H-pyrrole nitrogens is 1. The molecule has 3 heterocycles. The van der Waals surface area contributed by atoms with Crippen molar-refractivity contribution >= 4 is 20.7 Å². The minimum atomic E-state index is -1.73. The fraction of sp³-hybridized carbons (Fsp3) is 0.465. The highest BCUT2D eigenvalue weighted by molar-refractivity contribution is 7.71. The fourth-order valence-electron chi connectivity index (χ4n) is 8.33. The maximum Gasteiger partial charge on any atom is 0.259 e. The largest absolute Gasteiger partial charge is 0.497 e. The summed E-state index contributed by atoms with van der Waals surface area (Å²) in [6.45, 7) is 10.4. The van der Waals surface area contributed by atoms with Crippen LogP contribution >= 0.6 is 20.7 Å². The molecule has 0 radical (unpaired) electrons. The molecule has 1 aromatic heterocycles. The molecule has 302 valence electrons. The minimum absolute atomic E-state index is 0.0397. The van der Waals surface area contributed by atoms with E-state index in [4.69, 9.17) is 44.9 Å². The van der Waals surface area contributed by atoms with E-state index in [0.717, 1.165) is 29.5 Å². The van der Waals surface area contributed by atoms with E-state index in [1.165, 1.54) is 0 Å². The Kier molecular flexibility index (Phi) is 12.1. The molecule has 3 aromatic carbocycles. The van der Waals surface area contributed by atoms with Gasteiger partial charge in [0, 0.05) is 23.8 Å². The molecule has 1 spiro atoms. The van der Waals surface area contributed by atoms with Crippen LogP contribution in [0.5, 0.6) is 11.5 Å². The van der Waals surface area contributed by atoms with E-state index in [1.807, 2.05) is 66.7 Å². The number of methoxy groups -OCH3 is 2. The van der Waals surface area contributed by atoms with Crippen LogP contribution in [0.4, 0.5) is 0 Å². The second kappa shape index (κ2) is 16.7. The monoisotopic (exact) mass is 814 g/mol. The van der Waals surface area contributed by atoms with Crippen molar-refractivity contribution < 1.29 is 32.7 Å². The van der Waals surface area contributed by atoms with Crippen molar-refractivity contribution in [3.05, 3.63) is 122 Å². The second-order valence-electron chi connectivity index (χ2n) is 15.3. The van der Waals surface area contributed by atoms with Crippen LogP contribution in [0.1, 0.15) is 75.4 Å². The first-order valence-corrected chi connectivity index (χ1v) is 20.9. The first-order valence-electron chi connectivity index (χ1n) is 19.3. The van der Waals surface area contributed by atoms with E-state index >= 15 is 0 Å². The molecule has 5 atom stereocenters. The van der Waals surface area contributed by atoms with Gasteiger partial charge in [0.15, 0.2) is 16.6 Å². The molecule has 3 unspecified atom stereocenters. The summed E-state index contributed by atoms with van der Waals surface area (Å²) in [5.74, 6) is 1.43. The molecule has 7 rings (SSSR count). The number of benzene rings is 3. The Morgan fingerprint density at radius 2 is 1.53 bits per heavy atom. The lowest BCUT2D eigenvalue weighted by Gasteiger charge is -2.44. The minimum Gasteiger partial charge on any atom is -0.497 e. The number of ether oxygens (including phenoxy) is 5. The van der Waals surface area contributed by atoms with Crippen molar-refractivity contribution in [1.29, 1.82) is 5.26 Å². The Labute approximate surface area is 340 Å². The average Bonchev–Trinajstić information content (AvgIpc) is 3.87. The van der Waals surface area contributed by atoms with E-state index in [-0.39, 0.29) is 42.0 Å². The molecule has 12 nitrogen and oxygen atoms in total. The molecule has 1 saturated carbocycles. The normalized spacial score (nSPS) is 22.6. The smallest absolute Gasteiger partial charge is 0.259 e. The van der Waals surface area contributed by atoms with Crippen molar-refractivity contribution in [2.75, 3.05) is 27.4 Å². The third-order valence-corrected chi connectivity index (χ3v) is 13.6. The molecule has 14 heteroatoms. The highest BCUT2D eigenvalue weighted by Gasteiger charge is 2.80. The van der Waals surface area contributed by atoms with Crippen LogP contribution in [-0.2, 0) is 28.9 Å². The van der Waals surface area contributed by atoms with Gasteiger partial charge in [0.1, 0.15) is 34.9 Å². The molecular weight excluding hydrogens is 764 g/mol. The number of aromatic nitrogens is 2. The van der Waals surface area contributed by atoms with Crippen LogP contribution in [-0.4, -0.2) is 77.1 Å². The summed E-state index contributed by atoms with van der Waals surface area (Å²) < 4.78 is 51.1. The predicted molar refractivity (Wildman–Crippen MR) is 219 cm³/mol. The summed E-state index contributed by atoms with van der Waals surface area (Å²) in [6.07, 6.45) is 1.27. The molecule has 2 aliphatic heterocycles. The molecule has 4 aromatic rings. The molecule has 2 bridgehead atoms. The Bertz CT molecular complexity index is 2120. The molecule has 57 heavy (non-hydrogen) atoms. The third kappa shape index (κ3) is 7.47. The SMILES string of the molecule is COc1ccc(C(OC[C@]23O[C@@H](n4cc(C)c(=O)[nH]c4=S)C(OC24CC4)C3OP(OCCC#N)N(C(C)C)C(C)C)(c2ccccc2)c2ccc(OC)cc2)cc1. The maximum atomic E-state index is 12.7. The fourth-order valence-corrected chi connectivity index (χ4v) is 10.4. The third-order valence-electron chi connectivity index (χ3n) is 11.2. The van der Waals surface area contributed by atoms with Gasteiger partial charge < -0.3 is 32.7 Å². The van der Waals surface area contributed by atoms with E-state index in [9.17, 15) is 10.1 Å². The summed E-state index contributed by atoms with van der Waals surface area (Å²) in [7, 11) is 1.56. The topological polar surface area (TPSA) is 129 Å². The molecule has 1 aliphatic carbocycles. The second-order valence-corrected chi connectivity index (χ2v) is 17.1. The van der Waals surface area contributed by atoms with Gasteiger partial charge in [-0.3, -0.25) is 14.3 Å². The van der Waals surface area contributed by atoms with E-state index < -0.39 is 43.8 Å². The van der Waals surface area contributed by atoms with Gasteiger partial charge in [0.25, 0.3) is 14.1 Å². The van der Waals surface area contributed by atoms with E-state index in [1.54, 1.807) is 31.9 Å². The maximum absolute atomic E-state index is 12.7. The highest BCUT2D eigenvalue weighted by atomic mass is 32.1. The van der Waals surface area contributed by atoms with Gasteiger partial charge in [-0.25, -0.2) is 4.67 Å². The Balaban J connectivity index is 1.40. The van der Waals surface area contributed by atoms with Gasteiger partial charge in [-0.2, -0.15) is 5.26 Å². The van der Waals surface area contributed by atoms with Crippen LogP contribution < -0.4 is 15.0 Å². The average molecular weight is 815 g/mol. The van der Waals surface area contributed by atoms with Gasteiger partial charge >= 0.3 is 0 Å². The highest BCUT2D eigenvalue weighted by Crippen LogP contribution is 2.68. The van der Waals surface area contributed by atoms with Gasteiger partial charge in [-0.1, -0.05) is 54.6 Å². The Morgan fingerprint density at radius 3 is 2.05 bits per heavy atom. The molecular formula is C43H51N4O8PS. The van der Waals surface area contributed by atoms with Crippen molar-refractivity contribution in [3.8, 4) is 17.6 Å². The number of nitriles is 1. The van der Waals surface area contributed by atoms with Crippen molar-refractivity contribution in [2.24, 2.45) is 0 Å². The molecule has 1 N–H and O–H groups in total. The Morgan fingerprint density at radius 1 is 0.947 bits per heavy atom. The molecule has 3 aliphatic rings. The zero-order valence-corrected chi connectivity index (χ0v) is 35.2. The molecule has 2 saturated heterocycles. The molecule has 0 amide bonds.